The van der Waals surface area contributed by atoms with Gasteiger partial charge in [-0.2, -0.15) is 0 Å². The van der Waals surface area contributed by atoms with Gasteiger partial charge in [-0.05, 0) is 30.9 Å². The fraction of sp³-hybridized carbons (Fsp3) is 0.500. The Balaban J connectivity index is 0.00000180. The van der Waals surface area contributed by atoms with Crippen LogP contribution in [0, 0.1) is 5.92 Å². The van der Waals surface area contributed by atoms with Crippen molar-refractivity contribution in [1.82, 2.24) is 10.6 Å². The van der Waals surface area contributed by atoms with Crippen molar-refractivity contribution < 1.29 is 9.21 Å². The SMILES string of the molecule is CN=C(NCc1ccc(C(N)=O)o1)NCC1CC1.I. The van der Waals surface area contributed by atoms with Gasteiger partial charge in [-0.3, -0.25) is 9.79 Å². The van der Waals surface area contributed by atoms with Crippen LogP contribution in [0.3, 0.4) is 0 Å². The highest BCUT2D eigenvalue weighted by Gasteiger charge is 2.21. The number of primary amides is 1. The molecule has 0 radical (unpaired) electrons. The number of hydrogen-bond donors (Lipinski definition) is 3. The summed E-state index contributed by atoms with van der Waals surface area (Å²) in [5, 5.41) is 6.35. The third-order valence-electron chi connectivity index (χ3n) is 2.81. The monoisotopic (exact) mass is 378 g/mol. The molecule has 7 heteroatoms. The van der Waals surface area contributed by atoms with Crippen LogP contribution in [-0.2, 0) is 6.54 Å². The van der Waals surface area contributed by atoms with Crippen LogP contribution >= 0.6 is 24.0 Å². The van der Waals surface area contributed by atoms with E-state index in [9.17, 15) is 4.79 Å². The molecular formula is C12H19IN4O2. The van der Waals surface area contributed by atoms with Crippen LogP contribution in [0.25, 0.3) is 0 Å². The van der Waals surface area contributed by atoms with E-state index in [4.69, 9.17) is 10.2 Å². The molecule has 1 aliphatic rings. The molecule has 106 valence electrons. The number of nitrogens with zero attached hydrogens (tertiary/aromatic N) is 1. The molecule has 1 aromatic heterocycles. The van der Waals surface area contributed by atoms with Crippen LogP contribution < -0.4 is 16.4 Å². The third-order valence-corrected chi connectivity index (χ3v) is 2.81. The van der Waals surface area contributed by atoms with Crippen LogP contribution in [0.1, 0.15) is 29.2 Å². The van der Waals surface area contributed by atoms with Crippen LogP contribution in [0.15, 0.2) is 21.5 Å². The lowest BCUT2D eigenvalue weighted by molar-refractivity contribution is 0.0972. The van der Waals surface area contributed by atoms with Crippen molar-refractivity contribution in [3.8, 4) is 0 Å². The first-order valence-corrected chi connectivity index (χ1v) is 6.02. The van der Waals surface area contributed by atoms with E-state index in [2.05, 4.69) is 15.6 Å². The van der Waals surface area contributed by atoms with E-state index in [0.717, 1.165) is 18.4 Å². The average molecular weight is 378 g/mol. The van der Waals surface area contributed by atoms with Crippen molar-refractivity contribution in [1.29, 1.82) is 0 Å². The summed E-state index contributed by atoms with van der Waals surface area (Å²) in [5.41, 5.74) is 5.11. The van der Waals surface area contributed by atoms with Crippen molar-refractivity contribution in [2.24, 2.45) is 16.6 Å². The maximum absolute atomic E-state index is 10.9. The average Bonchev–Trinajstić information content (AvgIpc) is 3.05. The molecule has 1 amide bonds. The molecule has 0 aromatic carbocycles. The quantitative estimate of drug-likeness (QED) is 0.406. The predicted octanol–water partition coefficient (Wildman–Crippen LogP) is 1.07. The topological polar surface area (TPSA) is 92.6 Å². The second kappa shape index (κ2) is 7.37. The number of hydrogen-bond acceptors (Lipinski definition) is 3. The standard InChI is InChI=1S/C12H18N4O2.HI/c1-14-12(15-6-8-2-3-8)16-7-9-4-5-10(18-9)11(13)17;/h4-5,8H,2-3,6-7H2,1H3,(H2,13,17)(H2,14,15,16);1H. The lowest BCUT2D eigenvalue weighted by Crippen LogP contribution is -2.37. The van der Waals surface area contributed by atoms with Crippen molar-refractivity contribution in [3.63, 3.8) is 0 Å². The molecule has 6 nitrogen and oxygen atoms in total. The Hall–Kier alpha value is -1.25. The number of nitrogens with one attached hydrogen (secondary N) is 2. The summed E-state index contributed by atoms with van der Waals surface area (Å²) in [6.07, 6.45) is 2.59. The van der Waals surface area contributed by atoms with E-state index in [1.54, 1.807) is 19.2 Å². The smallest absolute Gasteiger partial charge is 0.284 e. The Morgan fingerprint density at radius 1 is 1.47 bits per heavy atom. The lowest BCUT2D eigenvalue weighted by atomic mass is 10.4. The Labute approximate surface area is 129 Å². The molecule has 0 unspecified atom stereocenters. The number of furan rings is 1. The van der Waals surface area contributed by atoms with Crippen molar-refractivity contribution >= 4 is 35.8 Å². The molecular weight excluding hydrogens is 359 g/mol. The van der Waals surface area contributed by atoms with Crippen molar-refractivity contribution in [2.75, 3.05) is 13.6 Å². The molecule has 4 N–H and O–H groups in total. The zero-order chi connectivity index (χ0) is 13.0. The lowest BCUT2D eigenvalue weighted by Gasteiger charge is -2.10. The number of amides is 1. The van der Waals surface area contributed by atoms with Crippen LogP contribution in [0.5, 0.6) is 0 Å². The predicted molar refractivity (Wildman–Crippen MR) is 83.6 cm³/mol. The van der Waals surface area contributed by atoms with Gasteiger partial charge in [-0.25, -0.2) is 0 Å². The van der Waals surface area contributed by atoms with Crippen LogP contribution in [-0.4, -0.2) is 25.5 Å². The van der Waals surface area contributed by atoms with Crippen LogP contribution in [0.2, 0.25) is 0 Å². The molecule has 0 aliphatic heterocycles. The first kappa shape index (κ1) is 15.8. The highest BCUT2D eigenvalue weighted by molar-refractivity contribution is 14.0. The summed E-state index contributed by atoms with van der Waals surface area (Å²) in [6, 6.07) is 3.29. The van der Waals surface area contributed by atoms with Gasteiger partial charge in [-0.15, -0.1) is 24.0 Å². The molecule has 1 aromatic rings. The number of rotatable bonds is 5. The number of nitrogens with two attached hydrogens (primary N) is 1. The minimum Gasteiger partial charge on any atom is -0.454 e. The second-order valence-electron chi connectivity index (χ2n) is 4.38. The van der Waals surface area contributed by atoms with Gasteiger partial charge in [-0.1, -0.05) is 0 Å². The van der Waals surface area contributed by atoms with E-state index in [1.807, 2.05) is 0 Å². The molecule has 2 rings (SSSR count). The number of aliphatic imine (C=N–C) groups is 1. The largest absolute Gasteiger partial charge is 0.454 e. The van der Waals surface area contributed by atoms with Crippen molar-refractivity contribution in [2.45, 2.75) is 19.4 Å². The van der Waals surface area contributed by atoms with Crippen molar-refractivity contribution in [3.05, 3.63) is 23.7 Å². The second-order valence-corrected chi connectivity index (χ2v) is 4.38. The Kier molecular flexibility index (Phi) is 6.13. The zero-order valence-corrected chi connectivity index (χ0v) is 13.1. The summed E-state index contributed by atoms with van der Waals surface area (Å²) in [5.74, 6) is 1.79. The minimum atomic E-state index is -0.558. The van der Waals surface area contributed by atoms with Gasteiger partial charge >= 0.3 is 0 Å². The van der Waals surface area contributed by atoms with Gasteiger partial charge in [0, 0.05) is 13.6 Å². The molecule has 1 heterocycles. The summed E-state index contributed by atoms with van der Waals surface area (Å²) < 4.78 is 5.26. The zero-order valence-electron chi connectivity index (χ0n) is 10.8. The van der Waals surface area contributed by atoms with E-state index in [0.29, 0.717) is 12.3 Å². The molecule has 0 saturated heterocycles. The first-order valence-electron chi connectivity index (χ1n) is 6.02. The van der Waals surface area contributed by atoms with E-state index >= 15 is 0 Å². The molecule has 0 bridgehead atoms. The van der Waals surface area contributed by atoms with Gasteiger partial charge < -0.3 is 20.8 Å². The Morgan fingerprint density at radius 2 is 2.21 bits per heavy atom. The Bertz CT molecular complexity index is 454. The van der Waals surface area contributed by atoms with Gasteiger partial charge in [0.25, 0.3) is 5.91 Å². The molecule has 1 aliphatic carbocycles. The minimum absolute atomic E-state index is 0. The fourth-order valence-corrected chi connectivity index (χ4v) is 1.56. The number of halogens is 1. The summed E-state index contributed by atoms with van der Waals surface area (Å²) in [7, 11) is 1.72. The first-order chi connectivity index (χ1) is 8.69. The third kappa shape index (κ3) is 5.09. The van der Waals surface area contributed by atoms with Crippen LogP contribution in [0.4, 0.5) is 0 Å². The molecule has 0 atom stereocenters. The molecule has 0 spiro atoms. The van der Waals surface area contributed by atoms with E-state index < -0.39 is 5.91 Å². The van der Waals surface area contributed by atoms with E-state index in [-0.39, 0.29) is 29.7 Å². The Morgan fingerprint density at radius 3 is 2.74 bits per heavy atom. The maximum Gasteiger partial charge on any atom is 0.284 e. The number of carbonyl (C=O) groups excluding carboxylic acids is 1. The fourth-order valence-electron chi connectivity index (χ4n) is 1.56. The van der Waals surface area contributed by atoms with Gasteiger partial charge in [0.15, 0.2) is 11.7 Å². The summed E-state index contributed by atoms with van der Waals surface area (Å²) in [4.78, 5) is 15.0. The highest BCUT2D eigenvalue weighted by Crippen LogP contribution is 2.27. The maximum atomic E-state index is 10.9. The molecule has 1 saturated carbocycles. The normalized spacial score (nSPS) is 14.7. The van der Waals surface area contributed by atoms with Gasteiger partial charge in [0.1, 0.15) is 5.76 Å². The number of carbonyl (C=O) groups is 1. The van der Waals surface area contributed by atoms with E-state index in [1.165, 1.54) is 12.8 Å². The molecule has 1 fully saturated rings. The number of guanidine groups is 1. The van der Waals surface area contributed by atoms with Gasteiger partial charge in [0.05, 0.1) is 6.54 Å². The molecule has 19 heavy (non-hydrogen) atoms. The highest BCUT2D eigenvalue weighted by atomic mass is 127. The summed E-state index contributed by atoms with van der Waals surface area (Å²) >= 11 is 0. The van der Waals surface area contributed by atoms with Gasteiger partial charge in [0.2, 0.25) is 0 Å². The summed E-state index contributed by atoms with van der Waals surface area (Å²) in [6.45, 7) is 1.42.